The maximum absolute atomic E-state index is 12.7. The Hall–Kier alpha value is -3.00. The minimum atomic E-state index is -0.168. The number of methoxy groups -OCH3 is 3. The van der Waals surface area contributed by atoms with Crippen molar-refractivity contribution in [1.29, 1.82) is 0 Å². The van der Waals surface area contributed by atoms with Crippen molar-refractivity contribution in [2.45, 2.75) is 18.9 Å². The Balaban J connectivity index is 1.66. The number of benzene rings is 1. The van der Waals surface area contributed by atoms with E-state index in [1.54, 1.807) is 44.4 Å². The summed E-state index contributed by atoms with van der Waals surface area (Å²) in [7, 11) is 4.64. The number of carbonyl (C=O) groups is 1. The molecule has 0 saturated carbocycles. The van der Waals surface area contributed by atoms with Crippen molar-refractivity contribution in [3.8, 4) is 23.3 Å². The molecule has 0 radical (unpaired) electrons. The molecule has 1 saturated heterocycles. The monoisotopic (exact) mass is 433 g/mol. The molecule has 2 heterocycles. The van der Waals surface area contributed by atoms with Gasteiger partial charge in [0, 0.05) is 12.6 Å². The second-order valence-corrected chi connectivity index (χ2v) is 7.08. The van der Waals surface area contributed by atoms with Gasteiger partial charge in [-0.1, -0.05) is 11.6 Å². The van der Waals surface area contributed by atoms with Crippen LogP contribution in [-0.2, 0) is 4.79 Å². The Kier molecular flexibility index (Phi) is 7.35. The molecular weight excluding hydrogens is 410 g/mol. The molecule has 160 valence electrons. The number of piperidine rings is 1. The summed E-state index contributed by atoms with van der Waals surface area (Å²) in [6, 6.07) is 3.82. The second kappa shape index (κ2) is 10.2. The highest BCUT2D eigenvalue weighted by atomic mass is 35.5. The number of carbonyl (C=O) groups excluding carboxylic acids is 1. The largest absolute Gasteiger partial charge is 0.493 e. The summed E-state index contributed by atoms with van der Waals surface area (Å²) in [5, 5.41) is 0.444. The Morgan fingerprint density at radius 1 is 1.13 bits per heavy atom. The zero-order chi connectivity index (χ0) is 21.5. The van der Waals surface area contributed by atoms with Crippen molar-refractivity contribution in [2.24, 2.45) is 0 Å². The van der Waals surface area contributed by atoms with E-state index in [4.69, 9.17) is 30.5 Å². The van der Waals surface area contributed by atoms with Crippen LogP contribution in [0.15, 0.2) is 30.6 Å². The predicted molar refractivity (Wildman–Crippen MR) is 112 cm³/mol. The van der Waals surface area contributed by atoms with E-state index in [1.807, 2.05) is 0 Å². The van der Waals surface area contributed by atoms with Gasteiger partial charge in [-0.15, -0.1) is 0 Å². The van der Waals surface area contributed by atoms with Gasteiger partial charge in [0.2, 0.25) is 11.7 Å². The first kappa shape index (κ1) is 21.7. The minimum absolute atomic E-state index is 0.103. The van der Waals surface area contributed by atoms with E-state index in [2.05, 4.69) is 9.97 Å². The van der Waals surface area contributed by atoms with Crippen LogP contribution in [-0.4, -0.2) is 61.3 Å². The maximum Gasteiger partial charge on any atom is 0.316 e. The first-order valence-corrected chi connectivity index (χ1v) is 9.83. The summed E-state index contributed by atoms with van der Waals surface area (Å²) < 4.78 is 21.8. The van der Waals surface area contributed by atoms with Gasteiger partial charge in [0.05, 0.1) is 45.3 Å². The second-order valence-electron chi connectivity index (χ2n) is 6.64. The van der Waals surface area contributed by atoms with Crippen molar-refractivity contribution >= 4 is 23.6 Å². The molecule has 0 aliphatic carbocycles. The molecule has 1 aliphatic rings. The third-order valence-electron chi connectivity index (χ3n) is 4.66. The van der Waals surface area contributed by atoms with Crippen LogP contribution in [0.2, 0.25) is 5.02 Å². The summed E-state index contributed by atoms with van der Waals surface area (Å²) in [4.78, 5) is 22.5. The molecule has 1 amide bonds. The standard InChI is InChI=1S/C21H24ClN3O5/c1-27-17-9-14(10-18(28-2)20(17)29-3)6-7-19(26)25-8-4-5-16(13-25)30-21-23-11-15(22)12-24-21/h6-7,9-12,16H,4-5,8,13H2,1-3H3/b7-6+. The Morgan fingerprint density at radius 3 is 2.40 bits per heavy atom. The maximum atomic E-state index is 12.7. The molecule has 8 nitrogen and oxygen atoms in total. The highest BCUT2D eigenvalue weighted by Gasteiger charge is 2.24. The molecule has 30 heavy (non-hydrogen) atoms. The van der Waals surface area contributed by atoms with Crippen molar-refractivity contribution < 1.29 is 23.7 Å². The van der Waals surface area contributed by atoms with Crippen LogP contribution >= 0.6 is 11.6 Å². The molecule has 2 aromatic rings. The summed E-state index contributed by atoms with van der Waals surface area (Å²) >= 11 is 5.80. The molecule has 3 rings (SSSR count). The van der Waals surface area contributed by atoms with E-state index in [0.29, 0.717) is 35.4 Å². The van der Waals surface area contributed by atoms with Gasteiger partial charge in [-0.2, -0.15) is 0 Å². The number of amides is 1. The molecule has 1 aliphatic heterocycles. The van der Waals surface area contributed by atoms with Crippen LogP contribution in [0.1, 0.15) is 18.4 Å². The first-order valence-electron chi connectivity index (χ1n) is 9.45. The quantitative estimate of drug-likeness (QED) is 0.620. The molecule has 1 fully saturated rings. The Labute approximate surface area is 180 Å². The summed E-state index contributed by atoms with van der Waals surface area (Å²) in [5.74, 6) is 1.45. The number of hydrogen-bond donors (Lipinski definition) is 0. The van der Waals surface area contributed by atoms with Gasteiger partial charge in [-0.05, 0) is 36.6 Å². The third-order valence-corrected chi connectivity index (χ3v) is 4.86. The van der Waals surface area contributed by atoms with Gasteiger partial charge in [-0.25, -0.2) is 9.97 Å². The van der Waals surface area contributed by atoms with Gasteiger partial charge in [0.1, 0.15) is 6.10 Å². The zero-order valence-corrected chi connectivity index (χ0v) is 17.9. The summed E-state index contributed by atoms with van der Waals surface area (Å²) in [5.41, 5.74) is 0.761. The van der Waals surface area contributed by atoms with Crippen LogP contribution in [0.5, 0.6) is 23.3 Å². The van der Waals surface area contributed by atoms with E-state index in [1.165, 1.54) is 18.5 Å². The third kappa shape index (κ3) is 5.33. The molecule has 9 heteroatoms. The van der Waals surface area contributed by atoms with Gasteiger partial charge < -0.3 is 23.8 Å². The van der Waals surface area contributed by atoms with Crippen LogP contribution in [0.3, 0.4) is 0 Å². The fraction of sp³-hybridized carbons (Fsp3) is 0.381. The first-order chi connectivity index (χ1) is 14.5. The van der Waals surface area contributed by atoms with Crippen molar-refractivity contribution in [2.75, 3.05) is 34.4 Å². The van der Waals surface area contributed by atoms with E-state index in [-0.39, 0.29) is 18.0 Å². The van der Waals surface area contributed by atoms with E-state index < -0.39 is 0 Å². The number of aromatic nitrogens is 2. The van der Waals surface area contributed by atoms with Crippen LogP contribution in [0, 0.1) is 0 Å². The number of ether oxygens (including phenoxy) is 4. The Bertz CT molecular complexity index is 879. The van der Waals surface area contributed by atoms with Gasteiger partial charge in [-0.3, -0.25) is 4.79 Å². The number of halogens is 1. The lowest BCUT2D eigenvalue weighted by Crippen LogP contribution is -2.43. The molecule has 0 spiro atoms. The van der Waals surface area contributed by atoms with Crippen molar-refractivity contribution in [1.82, 2.24) is 14.9 Å². The number of nitrogens with zero attached hydrogens (tertiary/aromatic N) is 3. The number of likely N-dealkylation sites (tertiary alicyclic amines) is 1. The number of rotatable bonds is 7. The lowest BCUT2D eigenvalue weighted by molar-refractivity contribution is -0.128. The highest BCUT2D eigenvalue weighted by molar-refractivity contribution is 6.30. The lowest BCUT2D eigenvalue weighted by Gasteiger charge is -2.31. The lowest BCUT2D eigenvalue weighted by atomic mass is 10.1. The summed E-state index contributed by atoms with van der Waals surface area (Å²) in [6.45, 7) is 1.13. The Morgan fingerprint density at radius 2 is 1.80 bits per heavy atom. The summed E-state index contributed by atoms with van der Waals surface area (Å²) in [6.07, 6.45) is 7.71. The average molecular weight is 434 g/mol. The molecule has 0 bridgehead atoms. The predicted octanol–water partition coefficient (Wildman–Crippen LogP) is 3.24. The zero-order valence-electron chi connectivity index (χ0n) is 17.1. The molecule has 1 atom stereocenters. The van der Waals surface area contributed by atoms with Crippen LogP contribution in [0.25, 0.3) is 6.08 Å². The van der Waals surface area contributed by atoms with E-state index in [0.717, 1.165) is 18.4 Å². The fourth-order valence-electron chi connectivity index (χ4n) is 3.22. The normalized spacial score (nSPS) is 16.4. The van der Waals surface area contributed by atoms with Gasteiger partial charge in [0.15, 0.2) is 11.5 Å². The average Bonchev–Trinajstić information content (AvgIpc) is 2.78. The van der Waals surface area contributed by atoms with Gasteiger partial charge in [0.25, 0.3) is 0 Å². The topological polar surface area (TPSA) is 83.0 Å². The molecule has 0 N–H and O–H groups in total. The van der Waals surface area contributed by atoms with Gasteiger partial charge >= 0.3 is 6.01 Å². The molecular formula is C21H24ClN3O5. The molecule has 1 unspecified atom stereocenters. The highest BCUT2D eigenvalue weighted by Crippen LogP contribution is 2.38. The van der Waals surface area contributed by atoms with E-state index >= 15 is 0 Å². The van der Waals surface area contributed by atoms with Crippen LogP contribution < -0.4 is 18.9 Å². The molecule has 1 aromatic heterocycles. The van der Waals surface area contributed by atoms with Crippen molar-refractivity contribution in [3.05, 3.63) is 41.2 Å². The molecule has 1 aromatic carbocycles. The fourth-order valence-corrected chi connectivity index (χ4v) is 3.31. The number of hydrogen-bond acceptors (Lipinski definition) is 7. The smallest absolute Gasteiger partial charge is 0.316 e. The minimum Gasteiger partial charge on any atom is -0.493 e. The van der Waals surface area contributed by atoms with E-state index in [9.17, 15) is 4.79 Å². The van der Waals surface area contributed by atoms with Crippen molar-refractivity contribution in [3.63, 3.8) is 0 Å². The SMILES string of the molecule is COc1cc(/C=C/C(=O)N2CCCC(Oc3ncc(Cl)cn3)C2)cc(OC)c1OC. The van der Waals surface area contributed by atoms with Crippen LogP contribution in [0.4, 0.5) is 0 Å².